The van der Waals surface area contributed by atoms with Crippen LogP contribution in [0.2, 0.25) is 0 Å². The van der Waals surface area contributed by atoms with Gasteiger partial charge in [-0.25, -0.2) is 9.98 Å². The van der Waals surface area contributed by atoms with E-state index in [2.05, 4.69) is 16.0 Å². The quantitative estimate of drug-likeness (QED) is 0.700. The van der Waals surface area contributed by atoms with Crippen molar-refractivity contribution < 1.29 is 4.74 Å². The lowest BCUT2D eigenvalue weighted by Crippen LogP contribution is -2.02. The molecule has 0 N–H and O–H groups in total. The molecule has 1 unspecified atom stereocenters. The van der Waals surface area contributed by atoms with Crippen LogP contribution in [0.1, 0.15) is 29.9 Å². The Bertz CT molecular complexity index is 395. The average Bonchev–Trinajstić information content (AvgIpc) is 2.82. The van der Waals surface area contributed by atoms with E-state index in [1.54, 1.807) is 0 Å². The van der Waals surface area contributed by atoms with E-state index in [1.807, 2.05) is 12.4 Å². The lowest BCUT2D eigenvalue weighted by Gasteiger charge is -2.13. The molecule has 2 aliphatic heterocycles. The molecule has 0 spiro atoms. The van der Waals surface area contributed by atoms with Gasteiger partial charge in [-0.15, -0.1) is 0 Å². The maximum Gasteiger partial charge on any atom is 0.154 e. The van der Waals surface area contributed by atoms with Crippen molar-refractivity contribution in [3.63, 3.8) is 0 Å². The zero-order chi connectivity index (χ0) is 10.1. The van der Waals surface area contributed by atoms with Gasteiger partial charge in [0.05, 0.1) is 6.61 Å². The van der Waals surface area contributed by atoms with Gasteiger partial charge in [0.25, 0.3) is 0 Å². The van der Waals surface area contributed by atoms with E-state index in [0.29, 0.717) is 5.92 Å². The highest BCUT2D eigenvalue weighted by Crippen LogP contribution is 2.29. The second-order valence-corrected chi connectivity index (χ2v) is 4.16. The van der Waals surface area contributed by atoms with E-state index in [1.165, 1.54) is 11.1 Å². The Balaban J connectivity index is 1.93. The van der Waals surface area contributed by atoms with E-state index >= 15 is 0 Å². The van der Waals surface area contributed by atoms with Crippen LogP contribution in [0, 0.1) is 0 Å². The molecule has 15 heavy (non-hydrogen) atoms. The molecule has 0 aliphatic carbocycles. The summed E-state index contributed by atoms with van der Waals surface area (Å²) >= 11 is 0. The molecule has 3 heterocycles. The van der Waals surface area contributed by atoms with Crippen LogP contribution in [-0.2, 0) is 11.2 Å². The summed E-state index contributed by atoms with van der Waals surface area (Å²) in [6.07, 6.45) is 7.16. The Morgan fingerprint density at radius 1 is 1.40 bits per heavy atom. The second-order valence-electron chi connectivity index (χ2n) is 4.16. The fraction of sp³-hybridized carbons (Fsp3) is 0.500. The van der Waals surface area contributed by atoms with Gasteiger partial charge < -0.3 is 4.74 Å². The van der Waals surface area contributed by atoms with Crippen LogP contribution in [0.15, 0.2) is 17.3 Å². The number of nitrogens with zero attached hydrogens (tertiary/aromatic N) is 2. The predicted octanol–water partition coefficient (Wildman–Crippen LogP) is 2.23. The molecule has 3 nitrogen and oxygen atoms in total. The molecule has 1 aromatic heterocycles. The highest BCUT2D eigenvalue weighted by Gasteiger charge is 2.19. The lowest BCUT2D eigenvalue weighted by molar-refractivity contribution is 0.194. The van der Waals surface area contributed by atoms with Crippen LogP contribution in [0.3, 0.4) is 0 Å². The fourth-order valence-corrected chi connectivity index (χ4v) is 2.21. The number of ether oxygens (including phenoxy) is 1. The predicted molar refractivity (Wildman–Crippen MR) is 58.9 cm³/mol. The van der Waals surface area contributed by atoms with Crippen LogP contribution >= 0.6 is 0 Å². The molecule has 1 saturated heterocycles. The van der Waals surface area contributed by atoms with Crippen molar-refractivity contribution in [1.82, 2.24) is 4.98 Å². The van der Waals surface area contributed by atoms with Gasteiger partial charge in [0.2, 0.25) is 0 Å². The summed E-state index contributed by atoms with van der Waals surface area (Å²) in [4.78, 5) is 8.70. The van der Waals surface area contributed by atoms with Gasteiger partial charge in [-0.3, -0.25) is 0 Å². The van der Waals surface area contributed by atoms with Gasteiger partial charge in [0.1, 0.15) is 0 Å². The minimum atomic E-state index is 0.550. The number of aliphatic imine (C=N–C) groups is 1. The minimum absolute atomic E-state index is 0.550. The van der Waals surface area contributed by atoms with Crippen molar-refractivity contribution in [1.29, 1.82) is 0 Å². The van der Waals surface area contributed by atoms with Crippen LogP contribution in [0.5, 0.6) is 0 Å². The molecule has 1 atom stereocenters. The number of pyridine rings is 1. The summed E-state index contributed by atoms with van der Waals surface area (Å²) in [6.45, 7) is 1.74. The molecule has 1 aromatic rings. The number of aromatic nitrogens is 1. The van der Waals surface area contributed by atoms with E-state index in [0.717, 1.165) is 38.3 Å². The van der Waals surface area contributed by atoms with Crippen molar-refractivity contribution in [3.05, 3.63) is 23.4 Å². The Morgan fingerprint density at radius 2 is 2.40 bits per heavy atom. The van der Waals surface area contributed by atoms with E-state index < -0.39 is 0 Å². The summed E-state index contributed by atoms with van der Waals surface area (Å²) in [5.74, 6) is 1.46. The van der Waals surface area contributed by atoms with E-state index in [9.17, 15) is 0 Å². The fourth-order valence-electron chi connectivity index (χ4n) is 2.21. The molecule has 0 amide bonds. The first-order valence-electron chi connectivity index (χ1n) is 5.52. The molecule has 3 rings (SSSR count). The Morgan fingerprint density at radius 3 is 3.27 bits per heavy atom. The van der Waals surface area contributed by atoms with E-state index in [4.69, 9.17) is 4.74 Å². The van der Waals surface area contributed by atoms with Crippen LogP contribution in [0.25, 0.3) is 0 Å². The maximum absolute atomic E-state index is 5.40. The van der Waals surface area contributed by atoms with Crippen molar-refractivity contribution >= 4 is 12.0 Å². The number of hydrogen-bond donors (Lipinski definition) is 0. The molecule has 1 fully saturated rings. The topological polar surface area (TPSA) is 34.5 Å². The standard InChI is InChI=1S/C12H14N2O/c1-2-9-6-11(10-3-5-15-8-10)7-14-12(9)13-4-1/h4,6-7,10H,1-3,5,8H2. The van der Waals surface area contributed by atoms with Crippen molar-refractivity contribution in [3.8, 4) is 0 Å². The van der Waals surface area contributed by atoms with Gasteiger partial charge in [-0.2, -0.15) is 0 Å². The van der Waals surface area contributed by atoms with Crippen molar-refractivity contribution in [2.45, 2.75) is 25.2 Å². The van der Waals surface area contributed by atoms with Gasteiger partial charge in [0.15, 0.2) is 5.82 Å². The Hall–Kier alpha value is -1.22. The van der Waals surface area contributed by atoms with Crippen LogP contribution in [0.4, 0.5) is 5.82 Å². The van der Waals surface area contributed by atoms with Crippen LogP contribution < -0.4 is 0 Å². The van der Waals surface area contributed by atoms with Crippen LogP contribution in [-0.4, -0.2) is 24.4 Å². The molecule has 0 aromatic carbocycles. The normalized spacial score (nSPS) is 24.1. The first kappa shape index (κ1) is 9.04. The highest BCUT2D eigenvalue weighted by molar-refractivity contribution is 5.66. The summed E-state index contributed by atoms with van der Waals surface area (Å²) in [5, 5.41) is 0. The summed E-state index contributed by atoms with van der Waals surface area (Å²) in [5.41, 5.74) is 2.62. The number of rotatable bonds is 1. The lowest BCUT2D eigenvalue weighted by atomic mass is 9.97. The van der Waals surface area contributed by atoms with Gasteiger partial charge in [-0.05, 0) is 30.4 Å². The highest BCUT2D eigenvalue weighted by atomic mass is 16.5. The SMILES string of the molecule is C1=Nc2ncc(C3CCOC3)cc2CC1. The van der Waals surface area contributed by atoms with Gasteiger partial charge in [-0.1, -0.05) is 6.07 Å². The molecule has 0 radical (unpaired) electrons. The largest absolute Gasteiger partial charge is 0.381 e. The zero-order valence-electron chi connectivity index (χ0n) is 8.65. The first-order chi connectivity index (χ1) is 7.43. The molecular weight excluding hydrogens is 188 g/mol. The number of hydrogen-bond acceptors (Lipinski definition) is 3. The summed E-state index contributed by atoms with van der Waals surface area (Å²) in [6, 6.07) is 2.26. The van der Waals surface area contributed by atoms with Crippen molar-refractivity contribution in [2.75, 3.05) is 13.2 Å². The average molecular weight is 202 g/mol. The van der Waals surface area contributed by atoms with Crippen molar-refractivity contribution in [2.24, 2.45) is 4.99 Å². The smallest absolute Gasteiger partial charge is 0.154 e. The molecule has 3 heteroatoms. The van der Waals surface area contributed by atoms with Gasteiger partial charge in [0, 0.05) is 24.9 Å². The number of fused-ring (bicyclic) bond motifs is 1. The summed E-state index contributed by atoms with van der Waals surface area (Å²) in [7, 11) is 0. The third kappa shape index (κ3) is 1.67. The Kier molecular flexibility index (Phi) is 2.25. The first-order valence-corrected chi connectivity index (χ1v) is 5.52. The third-order valence-corrected chi connectivity index (χ3v) is 3.12. The zero-order valence-corrected chi connectivity index (χ0v) is 8.65. The molecular formula is C12H14N2O. The van der Waals surface area contributed by atoms with E-state index in [-0.39, 0.29) is 0 Å². The number of aryl methyl sites for hydroxylation is 1. The third-order valence-electron chi connectivity index (χ3n) is 3.12. The Labute approximate surface area is 89.2 Å². The molecule has 0 bridgehead atoms. The maximum atomic E-state index is 5.40. The molecule has 78 valence electrons. The summed E-state index contributed by atoms with van der Waals surface area (Å²) < 4.78 is 5.40. The molecule has 0 saturated carbocycles. The van der Waals surface area contributed by atoms with Gasteiger partial charge >= 0.3 is 0 Å². The monoisotopic (exact) mass is 202 g/mol. The molecule has 2 aliphatic rings. The minimum Gasteiger partial charge on any atom is -0.381 e. The second kappa shape index (κ2) is 3.74.